The number of esters is 1. The molecule has 1 aliphatic carbocycles. The zero-order valence-electron chi connectivity index (χ0n) is 26.0. The molecule has 3 heterocycles. The molecule has 2 aromatic heterocycles. The van der Waals surface area contributed by atoms with Gasteiger partial charge in [0.15, 0.2) is 23.8 Å². The monoisotopic (exact) mass is 668 g/mol. The summed E-state index contributed by atoms with van der Waals surface area (Å²) in [7, 11) is 0. The smallest absolute Gasteiger partial charge is 0.354 e. The molecule has 0 bridgehead atoms. The molecule has 2 aliphatic rings. The molecule has 1 atom stereocenters. The maximum Gasteiger partial charge on any atom is 0.354 e. The third kappa shape index (κ3) is 7.50. The molecule has 4 aromatic rings. The van der Waals surface area contributed by atoms with E-state index < -0.39 is 35.0 Å². The Hall–Kier alpha value is -5.08. The van der Waals surface area contributed by atoms with E-state index >= 15 is 0 Å². The van der Waals surface area contributed by atoms with Crippen molar-refractivity contribution in [1.82, 2.24) is 19.9 Å². The summed E-state index contributed by atoms with van der Waals surface area (Å²) < 4.78 is 25.6. The average Bonchev–Trinajstić information content (AvgIpc) is 3.59. The van der Waals surface area contributed by atoms with E-state index in [0.717, 1.165) is 39.0 Å². The van der Waals surface area contributed by atoms with E-state index in [-0.39, 0.29) is 42.3 Å². The molecular formula is C32H34ClFN6O7. The van der Waals surface area contributed by atoms with Crippen LogP contribution in [0.25, 0.3) is 5.65 Å². The van der Waals surface area contributed by atoms with E-state index in [0.29, 0.717) is 36.4 Å². The van der Waals surface area contributed by atoms with Crippen molar-refractivity contribution in [3.05, 3.63) is 87.6 Å². The number of carboxylic acids is 1. The lowest BCUT2D eigenvalue weighted by Gasteiger charge is -2.21. The highest BCUT2D eigenvalue weighted by Crippen LogP contribution is 2.35. The van der Waals surface area contributed by atoms with Gasteiger partial charge in [0.2, 0.25) is 0 Å². The van der Waals surface area contributed by atoms with Crippen LogP contribution in [-0.4, -0.2) is 55.7 Å². The molecule has 2 aromatic carbocycles. The number of nitrogens with one attached hydrogen (secondary N) is 2. The Balaban J connectivity index is 0.000000298. The summed E-state index contributed by atoms with van der Waals surface area (Å²) in [6.07, 6.45) is 2.11. The van der Waals surface area contributed by atoms with Gasteiger partial charge in [-0.25, -0.2) is 23.5 Å². The second-order valence-corrected chi connectivity index (χ2v) is 11.8. The van der Waals surface area contributed by atoms with Gasteiger partial charge in [-0.3, -0.25) is 9.59 Å². The SMILES string of the molecule is Cc1c(C(=O)OC(C)(C)C)ccc2c1CC[C@@H]2NC(=O)c1cc(C(=O)O)nc2c(F)cnn12.Cl.NCc1ccc2c(c1)OCC(=O)N2. The van der Waals surface area contributed by atoms with Crippen LogP contribution in [0.15, 0.2) is 42.6 Å². The van der Waals surface area contributed by atoms with Crippen molar-refractivity contribution in [1.29, 1.82) is 0 Å². The molecule has 0 radical (unpaired) electrons. The van der Waals surface area contributed by atoms with Gasteiger partial charge in [0.1, 0.15) is 17.0 Å². The first kappa shape index (κ1) is 34.8. The summed E-state index contributed by atoms with van der Waals surface area (Å²) in [6.45, 7) is 7.81. The van der Waals surface area contributed by atoms with Crippen LogP contribution < -0.4 is 21.1 Å². The van der Waals surface area contributed by atoms with Gasteiger partial charge in [-0.2, -0.15) is 5.10 Å². The summed E-state index contributed by atoms with van der Waals surface area (Å²) in [4.78, 5) is 51.6. The van der Waals surface area contributed by atoms with E-state index in [1.165, 1.54) is 0 Å². The van der Waals surface area contributed by atoms with Crippen molar-refractivity contribution in [2.45, 2.75) is 58.7 Å². The second-order valence-electron chi connectivity index (χ2n) is 11.8. The molecule has 2 amide bonds. The van der Waals surface area contributed by atoms with Crippen LogP contribution in [0.5, 0.6) is 5.75 Å². The Labute approximate surface area is 275 Å². The van der Waals surface area contributed by atoms with Crippen LogP contribution >= 0.6 is 12.4 Å². The number of aromatic carboxylic acids is 1. The Morgan fingerprint density at radius 2 is 1.96 bits per heavy atom. The lowest BCUT2D eigenvalue weighted by Crippen LogP contribution is -2.29. The van der Waals surface area contributed by atoms with Gasteiger partial charge >= 0.3 is 11.9 Å². The van der Waals surface area contributed by atoms with Crippen LogP contribution in [-0.2, 0) is 22.5 Å². The fourth-order valence-corrected chi connectivity index (χ4v) is 5.27. The molecule has 0 saturated carbocycles. The van der Waals surface area contributed by atoms with Crippen molar-refractivity contribution < 1.29 is 38.1 Å². The van der Waals surface area contributed by atoms with Crippen LogP contribution in [0.1, 0.15) is 86.8 Å². The van der Waals surface area contributed by atoms with Gasteiger partial charge in [-0.15, -0.1) is 12.4 Å². The number of carbonyl (C=O) groups excluding carboxylic acids is 3. The first-order valence-electron chi connectivity index (χ1n) is 14.5. The molecule has 0 unspecified atom stereocenters. The fourth-order valence-electron chi connectivity index (χ4n) is 5.27. The molecule has 13 nitrogen and oxygen atoms in total. The van der Waals surface area contributed by atoms with Crippen molar-refractivity contribution in [3.8, 4) is 5.75 Å². The molecule has 47 heavy (non-hydrogen) atoms. The molecule has 5 N–H and O–H groups in total. The topological polar surface area (TPSA) is 187 Å². The third-order valence-electron chi connectivity index (χ3n) is 7.41. The molecule has 1 aliphatic heterocycles. The van der Waals surface area contributed by atoms with Crippen LogP contribution in [0, 0.1) is 12.7 Å². The molecule has 15 heteroatoms. The predicted molar refractivity (Wildman–Crippen MR) is 170 cm³/mol. The molecule has 0 spiro atoms. The average molecular weight is 669 g/mol. The quantitative estimate of drug-likeness (QED) is 0.225. The number of halogens is 2. The molecular weight excluding hydrogens is 635 g/mol. The number of nitrogens with zero attached hydrogens (tertiary/aromatic N) is 3. The highest BCUT2D eigenvalue weighted by molar-refractivity contribution is 5.97. The molecule has 248 valence electrons. The number of rotatable bonds is 5. The van der Waals surface area contributed by atoms with Gasteiger partial charge in [0.25, 0.3) is 11.8 Å². The normalized spacial score (nSPS) is 14.8. The predicted octanol–water partition coefficient (Wildman–Crippen LogP) is 4.15. The maximum absolute atomic E-state index is 14.0. The number of benzene rings is 2. The number of amides is 2. The Morgan fingerprint density at radius 3 is 2.64 bits per heavy atom. The first-order chi connectivity index (χ1) is 21.8. The molecule has 6 rings (SSSR count). The van der Waals surface area contributed by atoms with Gasteiger partial charge in [0, 0.05) is 12.6 Å². The maximum atomic E-state index is 14.0. The summed E-state index contributed by atoms with van der Waals surface area (Å²) in [5, 5.41) is 18.7. The zero-order chi connectivity index (χ0) is 33.3. The van der Waals surface area contributed by atoms with Gasteiger partial charge in [-0.05, 0) is 81.0 Å². The molecule has 0 saturated heterocycles. The Bertz CT molecular complexity index is 1890. The number of hydrogen-bond acceptors (Lipinski definition) is 9. The minimum absolute atomic E-state index is 0. The van der Waals surface area contributed by atoms with Crippen molar-refractivity contribution >= 4 is 47.5 Å². The van der Waals surface area contributed by atoms with Crippen LogP contribution in [0.3, 0.4) is 0 Å². The lowest BCUT2D eigenvalue weighted by atomic mass is 9.97. The number of nitrogens with two attached hydrogens (primary N) is 1. The van der Waals surface area contributed by atoms with Crippen LogP contribution in [0.4, 0.5) is 10.1 Å². The minimum Gasteiger partial charge on any atom is -0.482 e. The van der Waals surface area contributed by atoms with E-state index in [1.807, 2.05) is 19.1 Å². The van der Waals surface area contributed by atoms with Gasteiger partial charge < -0.3 is 30.9 Å². The van der Waals surface area contributed by atoms with Gasteiger partial charge in [-0.1, -0.05) is 12.1 Å². The first-order valence-corrected chi connectivity index (χ1v) is 14.5. The van der Waals surface area contributed by atoms with E-state index in [2.05, 4.69) is 20.7 Å². The van der Waals surface area contributed by atoms with Crippen molar-refractivity contribution in [2.24, 2.45) is 5.73 Å². The minimum atomic E-state index is -1.39. The largest absolute Gasteiger partial charge is 0.482 e. The third-order valence-corrected chi connectivity index (χ3v) is 7.41. The summed E-state index contributed by atoms with van der Waals surface area (Å²) >= 11 is 0. The Morgan fingerprint density at radius 1 is 1.21 bits per heavy atom. The summed E-state index contributed by atoms with van der Waals surface area (Å²) in [5.74, 6) is -2.65. The van der Waals surface area contributed by atoms with Crippen molar-refractivity contribution in [2.75, 3.05) is 11.9 Å². The summed E-state index contributed by atoms with van der Waals surface area (Å²) in [6, 6.07) is 9.68. The highest BCUT2D eigenvalue weighted by atomic mass is 35.5. The number of carbonyl (C=O) groups is 4. The molecule has 0 fully saturated rings. The fraction of sp³-hybridized carbons (Fsp3) is 0.312. The van der Waals surface area contributed by atoms with Gasteiger partial charge in [0.05, 0.1) is 23.5 Å². The number of aromatic nitrogens is 3. The number of ether oxygens (including phenoxy) is 2. The van der Waals surface area contributed by atoms with E-state index in [4.69, 9.17) is 15.2 Å². The van der Waals surface area contributed by atoms with Crippen LogP contribution in [0.2, 0.25) is 0 Å². The second kappa shape index (κ2) is 13.7. The van der Waals surface area contributed by atoms with E-state index in [9.17, 15) is 28.7 Å². The van der Waals surface area contributed by atoms with Crippen molar-refractivity contribution in [3.63, 3.8) is 0 Å². The van der Waals surface area contributed by atoms with E-state index in [1.54, 1.807) is 39.0 Å². The Kier molecular flexibility index (Phi) is 10.2. The highest BCUT2D eigenvalue weighted by Gasteiger charge is 2.30. The standard InChI is InChI=1S/C23H23FN4O5.C9H10N2O2.ClH/c1-11-12-7-8-16(14(12)6-5-13(11)22(32)33-23(2,3)4)27-20(29)18-9-17(21(30)31)26-19-15(24)10-25-28(18)19;10-4-6-1-2-7-8(3-6)13-5-9(12)11-7;/h5-6,9-10,16H,7-8H2,1-4H3,(H,27,29)(H,30,31);1-3H,4-5,10H2,(H,11,12);1H/t16-;;/m0../s1. The number of fused-ring (bicyclic) bond motifs is 3. The zero-order valence-corrected chi connectivity index (χ0v) is 26.9. The summed E-state index contributed by atoms with van der Waals surface area (Å²) in [5.41, 5.74) is 8.71. The number of anilines is 1. The number of carboxylic acid groups (broad SMARTS) is 1. The lowest BCUT2D eigenvalue weighted by molar-refractivity contribution is -0.118. The number of hydrogen-bond donors (Lipinski definition) is 4.